The number of hydrogen-bond donors (Lipinski definition) is 1. The molecule has 0 bridgehead atoms. The van der Waals surface area contributed by atoms with Crippen molar-refractivity contribution in [2.45, 2.75) is 13.0 Å². The molecule has 0 saturated carbocycles. The Morgan fingerprint density at radius 3 is 2.62 bits per heavy atom. The lowest BCUT2D eigenvalue weighted by Gasteiger charge is -2.17. The molecule has 1 aliphatic rings. The average molecular weight is 289 g/mol. The van der Waals surface area contributed by atoms with Crippen molar-refractivity contribution < 1.29 is 18.3 Å². The Morgan fingerprint density at radius 2 is 1.86 bits per heavy atom. The predicted molar refractivity (Wildman–Crippen MR) is 73.2 cm³/mol. The maximum Gasteiger partial charge on any atom is 0.251 e. The van der Waals surface area contributed by atoms with Gasteiger partial charge in [0.25, 0.3) is 5.91 Å². The van der Waals surface area contributed by atoms with Crippen LogP contribution in [-0.4, -0.2) is 12.5 Å². The molecule has 0 radical (unpaired) electrons. The van der Waals surface area contributed by atoms with Crippen LogP contribution < -0.4 is 10.1 Å². The van der Waals surface area contributed by atoms with Gasteiger partial charge < -0.3 is 10.1 Å². The number of rotatable bonds is 3. The van der Waals surface area contributed by atoms with E-state index in [0.29, 0.717) is 23.4 Å². The molecule has 2 aromatic rings. The smallest absolute Gasteiger partial charge is 0.251 e. The molecule has 21 heavy (non-hydrogen) atoms. The van der Waals surface area contributed by atoms with Gasteiger partial charge in [0.2, 0.25) is 0 Å². The van der Waals surface area contributed by atoms with E-state index in [1.807, 2.05) is 0 Å². The normalized spacial score (nSPS) is 13.5. The number of carbonyl (C=O) groups is 1. The van der Waals surface area contributed by atoms with E-state index in [4.69, 9.17) is 4.74 Å². The summed E-state index contributed by atoms with van der Waals surface area (Å²) in [4.78, 5) is 11.6. The second-order valence-electron chi connectivity index (χ2n) is 4.89. The fourth-order valence-corrected chi connectivity index (χ4v) is 2.36. The van der Waals surface area contributed by atoms with Crippen LogP contribution in [-0.2, 0) is 13.0 Å². The van der Waals surface area contributed by atoms with Crippen molar-refractivity contribution in [1.82, 2.24) is 5.32 Å². The summed E-state index contributed by atoms with van der Waals surface area (Å²) in [5, 5.41) is 2.76. The number of nitrogens with one attached hydrogen (secondary N) is 1. The third-order valence-electron chi connectivity index (χ3n) is 3.33. The van der Waals surface area contributed by atoms with E-state index >= 15 is 0 Å². The van der Waals surface area contributed by atoms with Crippen molar-refractivity contribution in [3.63, 3.8) is 0 Å². The summed E-state index contributed by atoms with van der Waals surface area (Å²) in [6.45, 7) is 0.671. The lowest BCUT2D eigenvalue weighted by molar-refractivity contribution is 0.0946. The molecule has 0 aromatic heterocycles. The molecule has 3 nitrogen and oxygen atoms in total. The van der Waals surface area contributed by atoms with Gasteiger partial charge in [0.05, 0.1) is 0 Å². The molecular weight excluding hydrogens is 276 g/mol. The van der Waals surface area contributed by atoms with Gasteiger partial charge in [0, 0.05) is 18.2 Å². The van der Waals surface area contributed by atoms with E-state index in [2.05, 4.69) is 5.32 Å². The minimum Gasteiger partial charge on any atom is -0.489 e. The highest BCUT2D eigenvalue weighted by Gasteiger charge is 2.16. The van der Waals surface area contributed by atoms with E-state index in [0.717, 1.165) is 18.1 Å². The van der Waals surface area contributed by atoms with Crippen LogP contribution in [0, 0.1) is 11.6 Å². The fraction of sp³-hybridized carbons (Fsp3) is 0.188. The minimum atomic E-state index is -0.629. The first kappa shape index (κ1) is 13.5. The molecule has 1 amide bonds. The second-order valence-corrected chi connectivity index (χ2v) is 4.89. The second kappa shape index (κ2) is 5.52. The molecule has 0 spiro atoms. The summed E-state index contributed by atoms with van der Waals surface area (Å²) in [5.74, 6) is -0.769. The van der Waals surface area contributed by atoms with Crippen LogP contribution in [0.4, 0.5) is 8.78 Å². The van der Waals surface area contributed by atoms with Crippen LogP contribution in [0.15, 0.2) is 36.4 Å². The lowest BCUT2D eigenvalue weighted by atomic mass is 10.0. The molecule has 0 fully saturated rings. The van der Waals surface area contributed by atoms with Crippen molar-refractivity contribution in [3.8, 4) is 5.75 Å². The quantitative estimate of drug-likeness (QED) is 0.943. The maximum absolute atomic E-state index is 13.1. The first-order valence-electron chi connectivity index (χ1n) is 6.61. The summed E-state index contributed by atoms with van der Waals surface area (Å²) in [7, 11) is 0. The van der Waals surface area contributed by atoms with E-state index in [1.165, 1.54) is 12.1 Å². The number of carbonyl (C=O) groups excluding carboxylic acids is 1. The van der Waals surface area contributed by atoms with Gasteiger partial charge in [-0.05, 0) is 47.9 Å². The van der Waals surface area contributed by atoms with E-state index in [1.54, 1.807) is 18.2 Å². The van der Waals surface area contributed by atoms with Crippen molar-refractivity contribution in [1.29, 1.82) is 0 Å². The van der Waals surface area contributed by atoms with Gasteiger partial charge in [-0.15, -0.1) is 0 Å². The third kappa shape index (κ3) is 3.02. The highest BCUT2D eigenvalue weighted by atomic mass is 19.1. The molecular formula is C16H13F2NO2. The van der Waals surface area contributed by atoms with Crippen molar-refractivity contribution in [2.75, 3.05) is 6.54 Å². The molecule has 0 atom stereocenters. The number of halogens is 2. The molecule has 0 saturated heterocycles. The Bertz CT molecular complexity index is 680. The predicted octanol–water partition coefficient (Wildman–Crippen LogP) is 2.83. The van der Waals surface area contributed by atoms with Crippen molar-refractivity contribution in [3.05, 3.63) is 64.7 Å². The lowest BCUT2D eigenvalue weighted by Crippen LogP contribution is -2.31. The summed E-state index contributed by atoms with van der Waals surface area (Å²) in [6.07, 6.45) is 0.743. The van der Waals surface area contributed by atoms with Crippen LogP contribution >= 0.6 is 0 Å². The first-order chi connectivity index (χ1) is 10.1. The van der Waals surface area contributed by atoms with Gasteiger partial charge in [-0.25, -0.2) is 8.78 Å². The van der Waals surface area contributed by atoms with Crippen LogP contribution in [0.25, 0.3) is 0 Å². The number of amides is 1. The fourth-order valence-electron chi connectivity index (χ4n) is 2.36. The molecule has 0 unspecified atom stereocenters. The van der Waals surface area contributed by atoms with Gasteiger partial charge in [0.15, 0.2) is 0 Å². The molecule has 0 aliphatic carbocycles. The molecule has 1 N–H and O–H groups in total. The van der Waals surface area contributed by atoms with Crippen LogP contribution in [0.3, 0.4) is 0 Å². The highest BCUT2D eigenvalue weighted by Crippen LogP contribution is 2.22. The Morgan fingerprint density at radius 1 is 1.10 bits per heavy atom. The standard InChI is InChI=1S/C16H13F2NO2/c17-12-5-10(6-13(18)8-12)9-21-14-1-2-15-11(7-14)3-4-19-16(15)20/h1-2,5-8H,3-4,9H2,(H,19,20). The largest absolute Gasteiger partial charge is 0.489 e. The zero-order valence-electron chi connectivity index (χ0n) is 11.2. The Labute approximate surface area is 120 Å². The van der Waals surface area contributed by atoms with Crippen molar-refractivity contribution in [2.24, 2.45) is 0 Å². The van der Waals surface area contributed by atoms with Crippen LogP contribution in [0.2, 0.25) is 0 Å². The van der Waals surface area contributed by atoms with Crippen LogP contribution in [0.1, 0.15) is 21.5 Å². The monoisotopic (exact) mass is 289 g/mol. The molecule has 108 valence electrons. The van der Waals surface area contributed by atoms with Crippen molar-refractivity contribution >= 4 is 5.91 Å². The van der Waals surface area contributed by atoms with Gasteiger partial charge in [-0.3, -0.25) is 4.79 Å². The summed E-state index contributed by atoms with van der Waals surface area (Å²) in [5.41, 5.74) is 1.98. The zero-order valence-corrected chi connectivity index (χ0v) is 11.2. The summed E-state index contributed by atoms with van der Waals surface area (Å²) >= 11 is 0. The van der Waals surface area contributed by atoms with Gasteiger partial charge in [0.1, 0.15) is 24.0 Å². The van der Waals surface area contributed by atoms with E-state index < -0.39 is 11.6 Å². The number of fused-ring (bicyclic) bond motifs is 1. The number of hydrogen-bond acceptors (Lipinski definition) is 2. The molecule has 1 aliphatic heterocycles. The number of ether oxygens (including phenoxy) is 1. The summed E-state index contributed by atoms with van der Waals surface area (Å²) in [6, 6.07) is 8.46. The zero-order chi connectivity index (χ0) is 14.8. The molecule has 2 aromatic carbocycles. The van der Waals surface area contributed by atoms with Gasteiger partial charge in [-0.2, -0.15) is 0 Å². The highest BCUT2D eigenvalue weighted by molar-refractivity contribution is 5.96. The molecule has 5 heteroatoms. The Kier molecular flexibility index (Phi) is 3.56. The topological polar surface area (TPSA) is 38.3 Å². The molecule has 1 heterocycles. The van der Waals surface area contributed by atoms with E-state index in [-0.39, 0.29) is 12.5 Å². The maximum atomic E-state index is 13.1. The number of benzene rings is 2. The van der Waals surface area contributed by atoms with Crippen LogP contribution in [0.5, 0.6) is 5.75 Å². The Balaban J connectivity index is 1.75. The molecule has 3 rings (SSSR count). The van der Waals surface area contributed by atoms with Gasteiger partial charge in [-0.1, -0.05) is 0 Å². The minimum absolute atomic E-state index is 0.0691. The first-order valence-corrected chi connectivity index (χ1v) is 6.61. The third-order valence-corrected chi connectivity index (χ3v) is 3.33. The van der Waals surface area contributed by atoms with Gasteiger partial charge >= 0.3 is 0 Å². The SMILES string of the molecule is O=C1NCCc2cc(OCc3cc(F)cc(F)c3)ccc21. The average Bonchev–Trinajstić information content (AvgIpc) is 2.44. The van der Waals surface area contributed by atoms with E-state index in [9.17, 15) is 13.6 Å². The Hall–Kier alpha value is -2.43. The summed E-state index contributed by atoms with van der Waals surface area (Å²) < 4.78 is 31.7.